The smallest absolute Gasteiger partial charge is 0.325 e. The Labute approximate surface area is 127 Å². The van der Waals surface area contributed by atoms with Gasteiger partial charge in [0.05, 0.1) is 0 Å². The molecule has 0 saturated carbocycles. The van der Waals surface area contributed by atoms with E-state index in [1.807, 2.05) is 18.2 Å². The summed E-state index contributed by atoms with van der Waals surface area (Å²) < 4.78 is 11.1. The Morgan fingerprint density at radius 1 is 1.00 bits per heavy atom. The topological polar surface area (TPSA) is 61.5 Å². The molecule has 0 aliphatic carbocycles. The largest absolute Gasteiger partial charge is 0.454 e. The van der Waals surface area contributed by atoms with Crippen LogP contribution in [0.15, 0.2) is 18.2 Å². The lowest BCUT2D eigenvalue weighted by molar-refractivity contribution is -0.162. The zero-order chi connectivity index (χ0) is 16.2. The van der Waals surface area contributed by atoms with Gasteiger partial charge in [-0.3, -0.25) is 4.79 Å². The van der Waals surface area contributed by atoms with E-state index in [1.54, 1.807) is 13.8 Å². The molecule has 0 spiro atoms. The first-order valence-electron chi connectivity index (χ1n) is 7.49. The fraction of sp³-hybridized carbons (Fsp3) is 0.588. The Hall–Kier alpha value is -1.55. The molecular formula is C17H27NO3. The van der Waals surface area contributed by atoms with Gasteiger partial charge in [0, 0.05) is 6.92 Å². The minimum atomic E-state index is -0.666. The van der Waals surface area contributed by atoms with E-state index in [0.717, 1.165) is 16.9 Å². The van der Waals surface area contributed by atoms with Crippen molar-refractivity contribution in [3.63, 3.8) is 0 Å². The van der Waals surface area contributed by atoms with Crippen LogP contribution in [0.2, 0.25) is 0 Å². The van der Waals surface area contributed by atoms with E-state index < -0.39 is 18.3 Å². The maximum Gasteiger partial charge on any atom is 0.325 e. The number of carbonyl (C=O) groups excluding carboxylic acids is 1. The van der Waals surface area contributed by atoms with Gasteiger partial charge in [-0.05, 0) is 29.9 Å². The number of benzene rings is 1. The molecule has 118 valence electrons. The predicted octanol–water partition coefficient (Wildman–Crippen LogP) is 3.55. The molecule has 0 aliphatic rings. The zero-order valence-electron chi connectivity index (χ0n) is 13.8. The van der Waals surface area contributed by atoms with Crippen molar-refractivity contribution >= 4 is 5.97 Å². The number of ether oxygens (including phenoxy) is 2. The molecule has 0 aromatic heterocycles. The minimum Gasteiger partial charge on any atom is -0.454 e. The van der Waals surface area contributed by atoms with E-state index in [0.29, 0.717) is 11.8 Å². The Bertz CT molecular complexity index is 455. The van der Waals surface area contributed by atoms with Gasteiger partial charge in [-0.15, -0.1) is 0 Å². The third kappa shape index (κ3) is 4.74. The van der Waals surface area contributed by atoms with Gasteiger partial charge in [0.25, 0.3) is 0 Å². The van der Waals surface area contributed by atoms with Crippen LogP contribution in [0, 0.1) is 0 Å². The van der Waals surface area contributed by atoms with E-state index in [-0.39, 0.29) is 0 Å². The number of hydrogen-bond acceptors (Lipinski definition) is 4. The van der Waals surface area contributed by atoms with Crippen LogP contribution in [0.25, 0.3) is 0 Å². The second-order valence-electron chi connectivity index (χ2n) is 5.99. The van der Waals surface area contributed by atoms with E-state index in [1.165, 1.54) is 0 Å². The lowest BCUT2D eigenvalue weighted by atomic mass is 9.94. The quantitative estimate of drug-likeness (QED) is 0.643. The standard InChI is InChI=1S/C17H27NO3/c1-10(2)14-8-7-9-15(11(3)4)16(14)20-13(6)21-17(19)12(5)18/h7-13H,18H2,1-6H3. The molecule has 1 aromatic rings. The highest BCUT2D eigenvalue weighted by molar-refractivity contribution is 5.75. The molecule has 0 heterocycles. The Kier molecular flexibility index (Phi) is 6.21. The average molecular weight is 293 g/mol. The van der Waals surface area contributed by atoms with Gasteiger partial charge in [-0.2, -0.15) is 0 Å². The summed E-state index contributed by atoms with van der Waals surface area (Å²) in [5.74, 6) is 1.01. The molecule has 4 nitrogen and oxygen atoms in total. The fourth-order valence-electron chi connectivity index (χ4n) is 2.08. The van der Waals surface area contributed by atoms with Crippen LogP contribution in [0.4, 0.5) is 0 Å². The second-order valence-corrected chi connectivity index (χ2v) is 5.99. The van der Waals surface area contributed by atoms with Gasteiger partial charge in [-0.25, -0.2) is 0 Å². The summed E-state index contributed by atoms with van der Waals surface area (Å²) in [4.78, 5) is 11.6. The van der Waals surface area contributed by atoms with E-state index in [9.17, 15) is 4.79 Å². The fourth-order valence-corrected chi connectivity index (χ4v) is 2.08. The van der Waals surface area contributed by atoms with Crippen LogP contribution in [0.5, 0.6) is 5.75 Å². The molecule has 0 fully saturated rings. The van der Waals surface area contributed by atoms with Crippen molar-refractivity contribution in [3.05, 3.63) is 29.3 Å². The van der Waals surface area contributed by atoms with Crippen molar-refractivity contribution in [2.45, 2.75) is 65.7 Å². The van der Waals surface area contributed by atoms with Crippen molar-refractivity contribution in [2.24, 2.45) is 5.73 Å². The molecule has 4 heteroatoms. The summed E-state index contributed by atoms with van der Waals surface area (Å²) in [5.41, 5.74) is 7.74. The Morgan fingerprint density at radius 2 is 1.48 bits per heavy atom. The van der Waals surface area contributed by atoms with Crippen molar-refractivity contribution in [3.8, 4) is 5.75 Å². The highest BCUT2D eigenvalue weighted by atomic mass is 16.7. The molecule has 2 unspecified atom stereocenters. The van der Waals surface area contributed by atoms with Crippen molar-refractivity contribution in [1.29, 1.82) is 0 Å². The highest BCUT2D eigenvalue weighted by Crippen LogP contribution is 2.35. The molecule has 2 atom stereocenters. The summed E-state index contributed by atoms with van der Waals surface area (Å²) in [5, 5.41) is 0. The first-order chi connectivity index (χ1) is 9.73. The molecular weight excluding hydrogens is 266 g/mol. The first-order valence-corrected chi connectivity index (χ1v) is 7.49. The number of esters is 1. The van der Waals surface area contributed by atoms with Gasteiger partial charge < -0.3 is 15.2 Å². The molecule has 2 N–H and O–H groups in total. The predicted molar refractivity (Wildman–Crippen MR) is 84.5 cm³/mol. The van der Waals surface area contributed by atoms with Crippen LogP contribution in [0.3, 0.4) is 0 Å². The maximum atomic E-state index is 11.6. The van der Waals surface area contributed by atoms with Crippen LogP contribution in [-0.2, 0) is 9.53 Å². The maximum absolute atomic E-state index is 11.6. The molecule has 21 heavy (non-hydrogen) atoms. The molecule has 0 amide bonds. The molecule has 0 bridgehead atoms. The molecule has 0 saturated heterocycles. The molecule has 0 aliphatic heterocycles. The second kappa shape index (κ2) is 7.46. The van der Waals surface area contributed by atoms with Gasteiger partial charge in [0.15, 0.2) is 0 Å². The highest BCUT2D eigenvalue weighted by Gasteiger charge is 2.20. The molecule has 1 rings (SSSR count). The summed E-state index contributed by atoms with van der Waals surface area (Å²) in [7, 11) is 0. The van der Waals surface area contributed by atoms with Gasteiger partial charge in [0.1, 0.15) is 11.8 Å². The van der Waals surface area contributed by atoms with Crippen molar-refractivity contribution in [2.75, 3.05) is 0 Å². The first kappa shape index (κ1) is 17.5. The summed E-state index contributed by atoms with van der Waals surface area (Å²) >= 11 is 0. The number of hydrogen-bond donors (Lipinski definition) is 1. The lowest BCUT2D eigenvalue weighted by Crippen LogP contribution is -2.33. The normalized spacial score (nSPS) is 14.1. The SMILES string of the molecule is CC(OC(=O)C(C)N)Oc1c(C(C)C)cccc1C(C)C. The van der Waals surface area contributed by atoms with E-state index >= 15 is 0 Å². The van der Waals surface area contributed by atoms with Crippen LogP contribution in [0.1, 0.15) is 64.5 Å². The molecule has 0 radical (unpaired) electrons. The number of rotatable bonds is 6. The summed E-state index contributed by atoms with van der Waals surface area (Å²) in [6, 6.07) is 5.48. The molecule has 1 aromatic carbocycles. The average Bonchev–Trinajstić information content (AvgIpc) is 2.37. The van der Waals surface area contributed by atoms with E-state index in [2.05, 4.69) is 27.7 Å². The lowest BCUT2D eigenvalue weighted by Gasteiger charge is -2.23. The third-order valence-electron chi connectivity index (χ3n) is 3.26. The number of nitrogens with two attached hydrogens (primary N) is 1. The Morgan fingerprint density at radius 3 is 1.86 bits per heavy atom. The number of para-hydroxylation sites is 1. The van der Waals surface area contributed by atoms with Crippen molar-refractivity contribution in [1.82, 2.24) is 0 Å². The van der Waals surface area contributed by atoms with Crippen LogP contribution >= 0.6 is 0 Å². The van der Waals surface area contributed by atoms with Gasteiger partial charge in [0.2, 0.25) is 6.29 Å². The van der Waals surface area contributed by atoms with Gasteiger partial charge >= 0.3 is 5.97 Å². The van der Waals surface area contributed by atoms with Crippen LogP contribution < -0.4 is 10.5 Å². The monoisotopic (exact) mass is 293 g/mol. The third-order valence-corrected chi connectivity index (χ3v) is 3.26. The van der Waals surface area contributed by atoms with E-state index in [4.69, 9.17) is 15.2 Å². The Balaban J connectivity index is 3.02. The minimum absolute atomic E-state index is 0.329. The van der Waals surface area contributed by atoms with Gasteiger partial charge in [-0.1, -0.05) is 45.9 Å². The number of carbonyl (C=O) groups is 1. The zero-order valence-corrected chi connectivity index (χ0v) is 13.8. The summed E-state index contributed by atoms with van der Waals surface area (Å²) in [6.07, 6.45) is -0.666. The van der Waals surface area contributed by atoms with Crippen molar-refractivity contribution < 1.29 is 14.3 Å². The van der Waals surface area contributed by atoms with Crippen LogP contribution in [-0.4, -0.2) is 18.3 Å². The summed E-state index contributed by atoms with van der Waals surface area (Å²) in [6.45, 7) is 11.8.